The summed E-state index contributed by atoms with van der Waals surface area (Å²) in [4.78, 5) is 0. The van der Waals surface area contributed by atoms with Gasteiger partial charge in [-0.15, -0.1) is 0 Å². The van der Waals surface area contributed by atoms with E-state index in [4.69, 9.17) is 16.3 Å². The third kappa shape index (κ3) is 4.16. The molecule has 0 radical (unpaired) electrons. The molecule has 2 aromatic carbocycles. The normalized spacial score (nSPS) is 10.7. The first-order valence-corrected chi connectivity index (χ1v) is 7.10. The van der Waals surface area contributed by atoms with Gasteiger partial charge in [-0.25, -0.2) is 8.78 Å². The Morgan fingerprint density at radius 2 is 2.00 bits per heavy atom. The maximum Gasteiger partial charge on any atom is 0.167 e. The van der Waals surface area contributed by atoms with E-state index in [0.29, 0.717) is 12.1 Å². The highest BCUT2D eigenvalue weighted by molar-refractivity contribution is 6.32. The Hall–Kier alpha value is -1.65. The number of halogens is 3. The van der Waals surface area contributed by atoms with E-state index in [9.17, 15) is 8.78 Å². The van der Waals surface area contributed by atoms with Crippen LogP contribution < -0.4 is 10.1 Å². The summed E-state index contributed by atoms with van der Waals surface area (Å²) >= 11 is 5.91. The van der Waals surface area contributed by atoms with E-state index in [-0.39, 0.29) is 16.5 Å². The first kappa shape index (κ1) is 15.7. The maximum atomic E-state index is 14.0. The van der Waals surface area contributed by atoms with Gasteiger partial charge in [0.25, 0.3) is 0 Å². The molecule has 0 saturated carbocycles. The molecule has 0 aliphatic carbocycles. The highest BCUT2D eigenvalue weighted by Crippen LogP contribution is 2.33. The molecule has 0 atom stereocenters. The number of benzene rings is 2. The first-order valence-electron chi connectivity index (χ1n) is 6.73. The average molecular weight is 312 g/mol. The molecule has 21 heavy (non-hydrogen) atoms. The van der Waals surface area contributed by atoms with Gasteiger partial charge in [0.15, 0.2) is 11.6 Å². The van der Waals surface area contributed by atoms with Crippen LogP contribution in [-0.2, 0) is 6.54 Å². The molecule has 0 spiro atoms. The summed E-state index contributed by atoms with van der Waals surface area (Å²) in [6, 6.07) is 8.45. The third-order valence-electron chi connectivity index (χ3n) is 2.90. The summed E-state index contributed by atoms with van der Waals surface area (Å²) < 4.78 is 32.6. The summed E-state index contributed by atoms with van der Waals surface area (Å²) in [5.41, 5.74) is 0.684. The Morgan fingerprint density at radius 3 is 2.71 bits per heavy atom. The van der Waals surface area contributed by atoms with Gasteiger partial charge >= 0.3 is 0 Å². The molecule has 2 rings (SSSR count). The monoisotopic (exact) mass is 311 g/mol. The van der Waals surface area contributed by atoms with Crippen LogP contribution in [0.1, 0.15) is 18.9 Å². The Kier molecular flexibility index (Phi) is 5.53. The summed E-state index contributed by atoms with van der Waals surface area (Å²) in [6.07, 6.45) is 0.981. The van der Waals surface area contributed by atoms with Crippen LogP contribution in [-0.4, -0.2) is 6.54 Å². The topological polar surface area (TPSA) is 21.3 Å². The molecule has 0 aromatic heterocycles. The molecule has 0 fully saturated rings. The average Bonchev–Trinajstić information content (AvgIpc) is 2.45. The lowest BCUT2D eigenvalue weighted by molar-refractivity contribution is 0.432. The van der Waals surface area contributed by atoms with Crippen LogP contribution in [0.4, 0.5) is 8.78 Å². The van der Waals surface area contributed by atoms with Gasteiger partial charge in [-0.05, 0) is 37.2 Å². The van der Waals surface area contributed by atoms with Gasteiger partial charge in [0.1, 0.15) is 11.6 Å². The minimum absolute atomic E-state index is 0.103. The summed E-state index contributed by atoms with van der Waals surface area (Å²) in [6.45, 7) is 3.36. The molecule has 0 aliphatic rings. The van der Waals surface area contributed by atoms with Crippen molar-refractivity contribution in [2.45, 2.75) is 19.9 Å². The Morgan fingerprint density at radius 1 is 1.19 bits per heavy atom. The zero-order valence-corrected chi connectivity index (χ0v) is 12.4. The van der Waals surface area contributed by atoms with Crippen LogP contribution in [0.3, 0.4) is 0 Å². The largest absolute Gasteiger partial charge is 0.452 e. The van der Waals surface area contributed by atoms with Crippen molar-refractivity contribution in [2.24, 2.45) is 0 Å². The van der Waals surface area contributed by atoms with Gasteiger partial charge in [0.2, 0.25) is 0 Å². The van der Waals surface area contributed by atoms with Crippen molar-refractivity contribution in [3.63, 3.8) is 0 Å². The molecule has 0 saturated heterocycles. The molecule has 0 heterocycles. The van der Waals surface area contributed by atoms with E-state index >= 15 is 0 Å². The quantitative estimate of drug-likeness (QED) is 0.765. The summed E-state index contributed by atoms with van der Waals surface area (Å²) in [5.74, 6) is -0.619. The number of nitrogens with one attached hydrogen (secondary N) is 1. The van der Waals surface area contributed by atoms with Crippen LogP contribution in [0.5, 0.6) is 11.5 Å². The molecule has 112 valence electrons. The lowest BCUT2D eigenvalue weighted by atomic mass is 10.2. The fraction of sp³-hybridized carbons (Fsp3) is 0.250. The first-order chi connectivity index (χ1) is 10.1. The molecular formula is C16H16ClF2NO. The smallest absolute Gasteiger partial charge is 0.167 e. The number of rotatable bonds is 6. The van der Waals surface area contributed by atoms with Gasteiger partial charge in [-0.1, -0.05) is 30.7 Å². The summed E-state index contributed by atoms with van der Waals surface area (Å²) in [5, 5.41) is 3.29. The fourth-order valence-corrected chi connectivity index (χ4v) is 2.08. The van der Waals surface area contributed by atoms with Crippen LogP contribution in [0.2, 0.25) is 5.02 Å². The molecule has 2 aromatic rings. The van der Waals surface area contributed by atoms with Crippen LogP contribution in [0, 0.1) is 11.6 Å². The zero-order chi connectivity index (χ0) is 15.2. The SMILES string of the molecule is CCCNCc1cccc(F)c1Oc1ccc(F)cc1Cl. The van der Waals surface area contributed by atoms with Crippen molar-refractivity contribution in [1.82, 2.24) is 5.32 Å². The number of ether oxygens (including phenoxy) is 1. The van der Waals surface area contributed by atoms with Gasteiger partial charge in [-0.3, -0.25) is 0 Å². The molecule has 0 unspecified atom stereocenters. The van der Waals surface area contributed by atoms with E-state index < -0.39 is 11.6 Å². The highest BCUT2D eigenvalue weighted by atomic mass is 35.5. The lowest BCUT2D eigenvalue weighted by Crippen LogP contribution is -2.14. The molecule has 5 heteroatoms. The van der Waals surface area contributed by atoms with Crippen LogP contribution in [0.15, 0.2) is 36.4 Å². The number of hydrogen-bond donors (Lipinski definition) is 1. The van der Waals surface area contributed by atoms with E-state index in [1.54, 1.807) is 12.1 Å². The van der Waals surface area contributed by atoms with Gasteiger partial charge in [-0.2, -0.15) is 0 Å². The van der Waals surface area contributed by atoms with E-state index in [1.165, 1.54) is 18.2 Å². The molecular weight excluding hydrogens is 296 g/mol. The van der Waals surface area contributed by atoms with Crippen molar-refractivity contribution >= 4 is 11.6 Å². The molecule has 1 N–H and O–H groups in total. The second kappa shape index (κ2) is 7.38. The van der Waals surface area contributed by atoms with Crippen molar-refractivity contribution in [2.75, 3.05) is 6.54 Å². The second-order valence-electron chi connectivity index (χ2n) is 4.58. The molecule has 0 bridgehead atoms. The summed E-state index contributed by atoms with van der Waals surface area (Å²) in [7, 11) is 0. The highest BCUT2D eigenvalue weighted by Gasteiger charge is 2.13. The zero-order valence-electron chi connectivity index (χ0n) is 11.6. The standard InChI is InChI=1S/C16H16ClF2NO/c1-2-8-20-10-11-4-3-5-14(19)16(11)21-15-7-6-12(18)9-13(15)17/h3-7,9,20H,2,8,10H2,1H3. The second-order valence-corrected chi connectivity index (χ2v) is 4.99. The third-order valence-corrected chi connectivity index (χ3v) is 3.19. The van der Waals surface area contributed by atoms with Gasteiger partial charge in [0.05, 0.1) is 5.02 Å². The molecule has 0 aliphatic heterocycles. The minimum Gasteiger partial charge on any atom is -0.452 e. The van der Waals surface area contributed by atoms with Crippen LogP contribution in [0.25, 0.3) is 0 Å². The molecule has 2 nitrogen and oxygen atoms in total. The fourth-order valence-electron chi connectivity index (χ4n) is 1.87. The van der Waals surface area contributed by atoms with E-state index in [2.05, 4.69) is 5.32 Å². The maximum absolute atomic E-state index is 14.0. The lowest BCUT2D eigenvalue weighted by Gasteiger charge is -2.13. The number of hydrogen-bond acceptors (Lipinski definition) is 2. The number of para-hydroxylation sites is 1. The Bertz CT molecular complexity index is 619. The Balaban J connectivity index is 2.25. The predicted octanol–water partition coefficient (Wildman–Crippen LogP) is 4.91. The minimum atomic E-state index is -0.480. The van der Waals surface area contributed by atoms with Crippen molar-refractivity contribution in [3.05, 3.63) is 58.6 Å². The van der Waals surface area contributed by atoms with E-state index in [0.717, 1.165) is 19.0 Å². The van der Waals surface area contributed by atoms with Crippen molar-refractivity contribution < 1.29 is 13.5 Å². The van der Waals surface area contributed by atoms with Crippen molar-refractivity contribution in [3.8, 4) is 11.5 Å². The van der Waals surface area contributed by atoms with Gasteiger partial charge < -0.3 is 10.1 Å². The van der Waals surface area contributed by atoms with Gasteiger partial charge in [0, 0.05) is 12.1 Å². The predicted molar refractivity (Wildman–Crippen MR) is 79.9 cm³/mol. The van der Waals surface area contributed by atoms with E-state index in [1.807, 2.05) is 6.92 Å². The molecule has 0 amide bonds. The van der Waals surface area contributed by atoms with Crippen LogP contribution >= 0.6 is 11.6 Å². The Labute approximate surface area is 127 Å². The van der Waals surface area contributed by atoms with Crippen molar-refractivity contribution in [1.29, 1.82) is 0 Å².